The van der Waals surface area contributed by atoms with Gasteiger partial charge >= 0.3 is 0 Å². The SMILES string of the molecule is COc1ccccc1Oc1c(O)nc(Cc2ccccc2C)nc1O. The zero-order chi connectivity index (χ0) is 17.8. The van der Waals surface area contributed by atoms with E-state index in [0.717, 1.165) is 11.1 Å². The quantitative estimate of drug-likeness (QED) is 0.739. The fraction of sp³-hybridized carbons (Fsp3) is 0.158. The maximum atomic E-state index is 10.2. The van der Waals surface area contributed by atoms with Crippen molar-refractivity contribution in [3.05, 3.63) is 65.5 Å². The highest BCUT2D eigenvalue weighted by molar-refractivity contribution is 5.48. The van der Waals surface area contributed by atoms with E-state index in [4.69, 9.17) is 9.47 Å². The monoisotopic (exact) mass is 338 g/mol. The number of aryl methyl sites for hydroxylation is 1. The van der Waals surface area contributed by atoms with Gasteiger partial charge in [0.1, 0.15) is 5.82 Å². The van der Waals surface area contributed by atoms with E-state index in [2.05, 4.69) is 9.97 Å². The largest absolute Gasteiger partial charge is 0.493 e. The molecule has 0 bridgehead atoms. The molecule has 128 valence electrons. The number of para-hydroxylation sites is 2. The van der Waals surface area contributed by atoms with Crippen LogP contribution in [0.1, 0.15) is 17.0 Å². The molecule has 0 amide bonds. The molecule has 0 spiro atoms. The highest BCUT2D eigenvalue weighted by Crippen LogP contribution is 2.39. The minimum Gasteiger partial charge on any atom is -0.493 e. The molecular weight excluding hydrogens is 320 g/mol. The number of aromatic hydroxyl groups is 2. The molecule has 3 aromatic rings. The molecule has 0 saturated carbocycles. The molecule has 0 atom stereocenters. The second-order valence-electron chi connectivity index (χ2n) is 5.47. The standard InChI is InChI=1S/C19H18N2O4/c1-12-7-3-4-8-13(12)11-16-20-18(22)17(19(23)21-16)25-15-10-6-5-9-14(15)24-2/h3-10H,11H2,1-2H3,(H2,20,21,22,23). The predicted octanol–water partition coefficient (Wildman–Crippen LogP) is 3.59. The third-order valence-electron chi connectivity index (χ3n) is 3.77. The molecule has 1 heterocycles. The number of rotatable bonds is 5. The molecule has 0 unspecified atom stereocenters. The van der Waals surface area contributed by atoms with Crippen molar-refractivity contribution in [2.24, 2.45) is 0 Å². The molecule has 1 aromatic heterocycles. The zero-order valence-electron chi connectivity index (χ0n) is 13.9. The Morgan fingerprint density at radius 1 is 0.880 bits per heavy atom. The predicted molar refractivity (Wildman–Crippen MR) is 92.4 cm³/mol. The van der Waals surface area contributed by atoms with Crippen LogP contribution in [-0.2, 0) is 6.42 Å². The van der Waals surface area contributed by atoms with Gasteiger partial charge < -0.3 is 19.7 Å². The Balaban J connectivity index is 1.89. The molecule has 3 rings (SSSR count). The third kappa shape index (κ3) is 3.63. The highest BCUT2D eigenvalue weighted by Gasteiger charge is 2.18. The second kappa shape index (κ2) is 7.09. The normalized spacial score (nSPS) is 10.5. The van der Waals surface area contributed by atoms with E-state index < -0.39 is 11.8 Å². The van der Waals surface area contributed by atoms with Crippen molar-refractivity contribution in [3.63, 3.8) is 0 Å². The molecule has 0 fully saturated rings. The Morgan fingerprint density at radius 2 is 1.48 bits per heavy atom. The Kier molecular flexibility index (Phi) is 4.70. The van der Waals surface area contributed by atoms with Gasteiger partial charge in [0.2, 0.25) is 0 Å². The highest BCUT2D eigenvalue weighted by atomic mass is 16.5. The third-order valence-corrected chi connectivity index (χ3v) is 3.77. The minimum absolute atomic E-state index is 0.210. The van der Waals surface area contributed by atoms with Gasteiger partial charge in [0, 0.05) is 6.42 Å². The van der Waals surface area contributed by atoms with Gasteiger partial charge in [0.15, 0.2) is 11.5 Å². The lowest BCUT2D eigenvalue weighted by Crippen LogP contribution is -2.00. The molecule has 2 aromatic carbocycles. The first-order chi connectivity index (χ1) is 12.1. The Bertz CT molecular complexity index is 873. The summed E-state index contributed by atoms with van der Waals surface area (Å²) < 4.78 is 10.7. The van der Waals surface area contributed by atoms with Crippen LogP contribution < -0.4 is 9.47 Å². The molecule has 0 saturated heterocycles. The Morgan fingerprint density at radius 3 is 2.12 bits per heavy atom. The molecule has 6 nitrogen and oxygen atoms in total. The summed E-state index contributed by atoms with van der Waals surface area (Å²) in [5.41, 5.74) is 2.10. The first kappa shape index (κ1) is 16.6. The van der Waals surface area contributed by atoms with E-state index in [1.54, 1.807) is 24.3 Å². The van der Waals surface area contributed by atoms with Gasteiger partial charge in [-0.1, -0.05) is 36.4 Å². The number of methoxy groups -OCH3 is 1. The van der Waals surface area contributed by atoms with E-state index >= 15 is 0 Å². The van der Waals surface area contributed by atoms with Crippen LogP contribution >= 0.6 is 0 Å². The van der Waals surface area contributed by atoms with Crippen LogP contribution in [0.2, 0.25) is 0 Å². The summed E-state index contributed by atoms with van der Waals surface area (Å²) in [6, 6.07) is 14.7. The van der Waals surface area contributed by atoms with Gasteiger partial charge in [-0.2, -0.15) is 9.97 Å². The summed E-state index contributed by atoms with van der Waals surface area (Å²) in [6.45, 7) is 1.98. The number of hydrogen-bond donors (Lipinski definition) is 2. The van der Waals surface area contributed by atoms with Gasteiger partial charge in [-0.25, -0.2) is 0 Å². The van der Waals surface area contributed by atoms with Gasteiger partial charge in [-0.3, -0.25) is 0 Å². The lowest BCUT2D eigenvalue weighted by atomic mass is 10.1. The first-order valence-electron chi connectivity index (χ1n) is 7.72. The van der Waals surface area contributed by atoms with Gasteiger partial charge in [0.05, 0.1) is 7.11 Å². The number of nitrogens with zero attached hydrogens (tertiary/aromatic N) is 2. The summed E-state index contributed by atoms with van der Waals surface area (Å²) in [6.07, 6.45) is 0.392. The van der Waals surface area contributed by atoms with Crippen LogP contribution in [0.3, 0.4) is 0 Å². The molecule has 0 aliphatic rings. The van der Waals surface area contributed by atoms with E-state index in [9.17, 15) is 10.2 Å². The molecule has 25 heavy (non-hydrogen) atoms. The summed E-state index contributed by atoms with van der Waals surface area (Å²) in [5.74, 6) is 0.0369. The van der Waals surface area contributed by atoms with Crippen molar-refractivity contribution in [1.29, 1.82) is 0 Å². The van der Waals surface area contributed by atoms with Crippen LogP contribution in [0.25, 0.3) is 0 Å². The van der Waals surface area contributed by atoms with Crippen molar-refractivity contribution < 1.29 is 19.7 Å². The Labute approximate surface area is 145 Å². The van der Waals surface area contributed by atoms with Gasteiger partial charge in [0.25, 0.3) is 17.5 Å². The number of hydrogen-bond acceptors (Lipinski definition) is 6. The number of benzene rings is 2. The van der Waals surface area contributed by atoms with Crippen LogP contribution in [-0.4, -0.2) is 27.3 Å². The minimum atomic E-state index is -0.429. The topological polar surface area (TPSA) is 84.7 Å². The molecular formula is C19H18N2O4. The molecule has 2 N–H and O–H groups in total. The lowest BCUT2D eigenvalue weighted by molar-refractivity contribution is 0.335. The average molecular weight is 338 g/mol. The first-order valence-corrected chi connectivity index (χ1v) is 7.72. The van der Waals surface area contributed by atoms with E-state index in [-0.39, 0.29) is 5.75 Å². The number of aromatic nitrogens is 2. The van der Waals surface area contributed by atoms with Gasteiger partial charge in [-0.15, -0.1) is 0 Å². The van der Waals surface area contributed by atoms with Crippen molar-refractivity contribution in [2.45, 2.75) is 13.3 Å². The summed E-state index contributed by atoms with van der Waals surface area (Å²) >= 11 is 0. The van der Waals surface area contributed by atoms with Crippen LogP contribution in [0, 0.1) is 6.92 Å². The Hall–Kier alpha value is -3.28. The maximum absolute atomic E-state index is 10.2. The average Bonchev–Trinajstić information content (AvgIpc) is 2.60. The van der Waals surface area contributed by atoms with Crippen molar-refractivity contribution in [1.82, 2.24) is 9.97 Å². The second-order valence-corrected chi connectivity index (χ2v) is 5.47. The van der Waals surface area contributed by atoms with Crippen LogP contribution in [0.5, 0.6) is 29.0 Å². The fourth-order valence-electron chi connectivity index (χ4n) is 2.43. The maximum Gasteiger partial charge on any atom is 0.262 e. The molecule has 0 aliphatic carbocycles. The summed E-state index contributed by atoms with van der Waals surface area (Å²) in [7, 11) is 1.50. The molecule has 6 heteroatoms. The fourth-order valence-corrected chi connectivity index (χ4v) is 2.43. The van der Waals surface area contributed by atoms with E-state index in [0.29, 0.717) is 23.7 Å². The molecule has 0 radical (unpaired) electrons. The lowest BCUT2D eigenvalue weighted by Gasteiger charge is -2.12. The van der Waals surface area contributed by atoms with Crippen LogP contribution in [0.15, 0.2) is 48.5 Å². The van der Waals surface area contributed by atoms with Crippen LogP contribution in [0.4, 0.5) is 0 Å². The van der Waals surface area contributed by atoms with Gasteiger partial charge in [-0.05, 0) is 30.2 Å². The van der Waals surface area contributed by atoms with E-state index in [1.165, 1.54) is 7.11 Å². The summed E-state index contributed by atoms with van der Waals surface area (Å²) in [4.78, 5) is 8.08. The number of ether oxygens (including phenoxy) is 2. The van der Waals surface area contributed by atoms with Crippen molar-refractivity contribution in [2.75, 3.05) is 7.11 Å². The van der Waals surface area contributed by atoms with E-state index in [1.807, 2.05) is 31.2 Å². The summed E-state index contributed by atoms with van der Waals surface area (Å²) in [5, 5.41) is 20.3. The zero-order valence-corrected chi connectivity index (χ0v) is 13.9. The smallest absolute Gasteiger partial charge is 0.262 e. The van der Waals surface area contributed by atoms with Crippen molar-refractivity contribution >= 4 is 0 Å². The molecule has 0 aliphatic heterocycles. The van der Waals surface area contributed by atoms with Crippen molar-refractivity contribution in [3.8, 4) is 29.0 Å².